The molecule has 0 heterocycles. The van der Waals surface area contributed by atoms with Gasteiger partial charge >= 0.3 is 24.1 Å². The molecule has 0 saturated heterocycles. The van der Waals surface area contributed by atoms with Crippen molar-refractivity contribution >= 4 is 0 Å². The van der Waals surface area contributed by atoms with Crippen LogP contribution in [-0.2, 0) is 0 Å². The topological polar surface area (TPSA) is 20.2 Å². The Bertz CT molecular complexity index is 170. The van der Waals surface area contributed by atoms with Gasteiger partial charge in [0.2, 0.25) is 0 Å². The van der Waals surface area contributed by atoms with Crippen molar-refractivity contribution in [3.63, 3.8) is 0 Å². The second-order valence-corrected chi connectivity index (χ2v) is 2.20. The summed E-state index contributed by atoms with van der Waals surface area (Å²) in [4.78, 5) is 0. The van der Waals surface area contributed by atoms with Crippen LogP contribution in [0.25, 0.3) is 0 Å². The molecular formula is C4HF9O. The Morgan fingerprint density at radius 3 is 0.643 bits per heavy atom. The molecule has 0 atom stereocenters. The molecule has 0 aromatic carbocycles. The molecule has 0 aromatic heterocycles. The predicted molar refractivity (Wildman–Crippen MR) is 23.1 cm³/mol. The Morgan fingerprint density at radius 2 is 0.643 bits per heavy atom. The van der Waals surface area contributed by atoms with Crippen molar-refractivity contribution in [3.05, 3.63) is 0 Å². The summed E-state index contributed by atoms with van der Waals surface area (Å²) < 4.78 is 103. The van der Waals surface area contributed by atoms with Gasteiger partial charge in [0.1, 0.15) is 0 Å². The van der Waals surface area contributed by atoms with Crippen LogP contribution in [0.15, 0.2) is 0 Å². The quantitative estimate of drug-likeness (QED) is 0.640. The van der Waals surface area contributed by atoms with E-state index in [1.165, 1.54) is 0 Å². The molecule has 1 nitrogen and oxygen atoms in total. The van der Waals surface area contributed by atoms with Crippen molar-refractivity contribution in [3.8, 4) is 0 Å². The van der Waals surface area contributed by atoms with Gasteiger partial charge < -0.3 is 5.11 Å². The van der Waals surface area contributed by atoms with Gasteiger partial charge in [0, 0.05) is 0 Å². The third-order valence-electron chi connectivity index (χ3n) is 1.23. The number of hydrogen-bond acceptors (Lipinski definition) is 1. The van der Waals surface area contributed by atoms with E-state index in [1.54, 1.807) is 0 Å². The highest BCUT2D eigenvalue weighted by atomic mass is 19.4. The van der Waals surface area contributed by atoms with E-state index in [4.69, 9.17) is 5.11 Å². The Labute approximate surface area is 70.1 Å². The lowest BCUT2D eigenvalue weighted by molar-refractivity contribution is -0.447. The number of alkyl halides is 9. The van der Waals surface area contributed by atoms with Crippen LogP contribution >= 0.6 is 0 Å². The maximum absolute atomic E-state index is 11.4. The Kier molecular flexibility index (Phi) is 2.77. The van der Waals surface area contributed by atoms with Gasteiger partial charge in [-0.1, -0.05) is 0 Å². The maximum atomic E-state index is 11.4. The van der Waals surface area contributed by atoms with E-state index in [-0.39, 0.29) is 0 Å². The molecule has 0 aliphatic heterocycles. The molecule has 0 unspecified atom stereocenters. The van der Waals surface area contributed by atoms with Crippen molar-refractivity contribution < 1.29 is 44.6 Å². The van der Waals surface area contributed by atoms with Crippen LogP contribution in [0.3, 0.4) is 0 Å². The summed E-state index contributed by atoms with van der Waals surface area (Å²) in [6.45, 7) is 0. The molecule has 0 saturated carbocycles. The highest BCUT2D eigenvalue weighted by Gasteiger charge is 2.83. The number of rotatable bonds is 0. The lowest BCUT2D eigenvalue weighted by Crippen LogP contribution is -2.66. The van der Waals surface area contributed by atoms with Crippen molar-refractivity contribution in [1.29, 1.82) is 0 Å². The van der Waals surface area contributed by atoms with Gasteiger partial charge in [-0.05, 0) is 0 Å². The molecule has 0 radical (unpaired) electrons. The third kappa shape index (κ3) is 1.74. The van der Waals surface area contributed by atoms with Crippen LogP contribution in [0, 0.1) is 0 Å². The zero-order chi connectivity index (χ0) is 12.0. The largest absolute Gasteiger partial charge is 0.435 e. The van der Waals surface area contributed by atoms with Crippen molar-refractivity contribution in [1.82, 2.24) is 0 Å². The van der Waals surface area contributed by atoms with E-state index < -0.39 is 24.1 Å². The molecule has 0 amide bonds. The molecule has 10 heteroatoms. The molecule has 0 spiro atoms. The molecule has 1 N–H and O–H groups in total. The summed E-state index contributed by atoms with van der Waals surface area (Å²) in [7, 11) is 0. The van der Waals surface area contributed by atoms with E-state index in [0.717, 1.165) is 0 Å². The fourth-order valence-corrected chi connectivity index (χ4v) is 0.482. The normalized spacial score (nSPS) is 15.9. The lowest BCUT2D eigenvalue weighted by Gasteiger charge is -2.33. The summed E-state index contributed by atoms with van der Waals surface area (Å²) in [6.07, 6.45) is -20.6. The van der Waals surface area contributed by atoms with Crippen LogP contribution in [0.2, 0.25) is 0 Å². The molecule has 0 rings (SSSR count). The van der Waals surface area contributed by atoms with E-state index in [2.05, 4.69) is 0 Å². The first-order valence-corrected chi connectivity index (χ1v) is 2.67. The summed E-state index contributed by atoms with van der Waals surface area (Å²) in [5.41, 5.74) is -6.69. The molecule has 0 aliphatic carbocycles. The second-order valence-electron chi connectivity index (χ2n) is 2.20. The van der Waals surface area contributed by atoms with Crippen molar-refractivity contribution in [2.75, 3.05) is 0 Å². The summed E-state index contributed by atoms with van der Waals surface area (Å²) in [5, 5.41) is 7.65. The summed E-state index contributed by atoms with van der Waals surface area (Å²) in [6, 6.07) is 0. The second kappa shape index (κ2) is 2.91. The average molecular weight is 236 g/mol. The van der Waals surface area contributed by atoms with Gasteiger partial charge in [0.25, 0.3) is 0 Å². The van der Waals surface area contributed by atoms with Gasteiger partial charge in [-0.25, -0.2) is 0 Å². The fourth-order valence-electron chi connectivity index (χ4n) is 0.482. The summed E-state index contributed by atoms with van der Waals surface area (Å²) >= 11 is 0. The molecule has 0 fully saturated rings. The van der Waals surface area contributed by atoms with E-state index in [1.807, 2.05) is 0 Å². The van der Waals surface area contributed by atoms with Gasteiger partial charge in [-0.15, -0.1) is 0 Å². The van der Waals surface area contributed by atoms with Crippen LogP contribution in [0.5, 0.6) is 0 Å². The highest BCUT2D eigenvalue weighted by Crippen LogP contribution is 2.52. The van der Waals surface area contributed by atoms with Gasteiger partial charge in [0.05, 0.1) is 0 Å². The van der Waals surface area contributed by atoms with Crippen LogP contribution < -0.4 is 0 Å². The lowest BCUT2D eigenvalue weighted by atomic mass is 10.0. The average Bonchev–Trinajstić information content (AvgIpc) is 1.77. The SMILES string of the molecule is OC(C(F)(F)F)(C(F)(F)F)C(F)(F)F. The van der Waals surface area contributed by atoms with Crippen LogP contribution in [-0.4, -0.2) is 29.2 Å². The van der Waals surface area contributed by atoms with Crippen molar-refractivity contribution in [2.45, 2.75) is 24.1 Å². The van der Waals surface area contributed by atoms with E-state index >= 15 is 0 Å². The van der Waals surface area contributed by atoms with Gasteiger partial charge in [0.15, 0.2) is 0 Å². The first kappa shape index (κ1) is 13.3. The zero-order valence-electron chi connectivity index (χ0n) is 5.85. The minimum atomic E-state index is -6.87. The molecule has 0 bridgehead atoms. The Hall–Kier alpha value is -0.670. The van der Waals surface area contributed by atoms with Gasteiger partial charge in [-0.3, -0.25) is 0 Å². The molecule has 0 aromatic rings. The Balaban J connectivity index is 5.54. The minimum absolute atomic E-state index is 6.69. The first-order valence-electron chi connectivity index (χ1n) is 2.67. The van der Waals surface area contributed by atoms with E-state index in [9.17, 15) is 39.5 Å². The Morgan fingerprint density at radius 1 is 0.500 bits per heavy atom. The minimum Gasteiger partial charge on any atom is -0.367 e. The monoisotopic (exact) mass is 236 g/mol. The zero-order valence-corrected chi connectivity index (χ0v) is 5.85. The summed E-state index contributed by atoms with van der Waals surface area (Å²) in [5.74, 6) is 0. The molecule has 0 aliphatic rings. The van der Waals surface area contributed by atoms with Gasteiger partial charge in [-0.2, -0.15) is 39.5 Å². The number of halogens is 9. The highest BCUT2D eigenvalue weighted by molar-refractivity contribution is 5.00. The van der Waals surface area contributed by atoms with E-state index in [0.29, 0.717) is 0 Å². The van der Waals surface area contributed by atoms with Crippen LogP contribution in [0.4, 0.5) is 39.5 Å². The standard InChI is InChI=1S/C4HF9O/c5-2(6,7)1(14,3(8,9)10)4(11,12)13/h14H. The van der Waals surface area contributed by atoms with Crippen molar-refractivity contribution in [2.24, 2.45) is 0 Å². The van der Waals surface area contributed by atoms with Crippen LogP contribution in [0.1, 0.15) is 0 Å². The predicted octanol–water partition coefficient (Wildman–Crippen LogP) is 2.40. The third-order valence-corrected chi connectivity index (χ3v) is 1.23. The fraction of sp³-hybridized carbons (Fsp3) is 1.00. The smallest absolute Gasteiger partial charge is 0.367 e. The molecule has 86 valence electrons. The molecule has 14 heavy (non-hydrogen) atoms. The maximum Gasteiger partial charge on any atom is 0.435 e. The molecular weight excluding hydrogens is 235 g/mol. The number of aliphatic hydroxyl groups is 1. The number of hydrogen-bond donors (Lipinski definition) is 1. The first-order chi connectivity index (χ1) is 5.75.